The van der Waals surface area contributed by atoms with Gasteiger partial charge < -0.3 is 15.4 Å². The Kier molecular flexibility index (Phi) is 11.7. The predicted octanol–water partition coefficient (Wildman–Crippen LogP) is 2.93. The molecule has 0 atom stereocenters. The number of hydrogen-bond acceptors (Lipinski definition) is 5. The summed E-state index contributed by atoms with van der Waals surface area (Å²) in [6.07, 6.45) is 8.58. The van der Waals surface area contributed by atoms with Crippen LogP contribution in [0, 0.1) is 0 Å². The lowest BCUT2D eigenvalue weighted by Crippen LogP contribution is -2.38. The third-order valence-electron chi connectivity index (χ3n) is 3.71. The summed E-state index contributed by atoms with van der Waals surface area (Å²) in [7, 11) is 1.78. The molecule has 1 aromatic rings. The van der Waals surface area contributed by atoms with Crippen LogP contribution >= 0.6 is 11.3 Å². The van der Waals surface area contributed by atoms with Gasteiger partial charge in [0, 0.05) is 44.1 Å². The molecule has 1 heterocycles. The number of esters is 1. The molecular formula is C18H32N4O2S. The first-order valence-electron chi connectivity index (χ1n) is 9.23. The fourth-order valence-corrected chi connectivity index (χ4v) is 3.19. The standard InChI is InChI=1S/C18H32N4O2S/c1-4-15-14-22-16(25-15)11-13-21-18(19-3)20-12-9-7-6-8-10-17(23)24-5-2/h14H,4-13H2,1-3H3,(H2,19,20,21). The van der Waals surface area contributed by atoms with Gasteiger partial charge in [-0.25, -0.2) is 4.98 Å². The maximum absolute atomic E-state index is 11.2. The molecule has 6 nitrogen and oxygen atoms in total. The van der Waals surface area contributed by atoms with Crippen LogP contribution in [0.5, 0.6) is 0 Å². The number of nitrogens with zero attached hydrogens (tertiary/aromatic N) is 2. The molecular weight excluding hydrogens is 336 g/mol. The monoisotopic (exact) mass is 368 g/mol. The van der Waals surface area contributed by atoms with E-state index in [1.807, 2.05) is 13.1 Å². The molecule has 0 aliphatic rings. The minimum Gasteiger partial charge on any atom is -0.466 e. The normalized spacial score (nSPS) is 11.4. The smallest absolute Gasteiger partial charge is 0.305 e. The second-order valence-corrected chi connectivity index (χ2v) is 6.92. The van der Waals surface area contributed by atoms with E-state index in [-0.39, 0.29) is 5.97 Å². The highest BCUT2D eigenvalue weighted by Gasteiger charge is 2.03. The van der Waals surface area contributed by atoms with E-state index < -0.39 is 0 Å². The summed E-state index contributed by atoms with van der Waals surface area (Å²) >= 11 is 1.78. The number of carbonyl (C=O) groups is 1. The summed E-state index contributed by atoms with van der Waals surface area (Å²) in [5.41, 5.74) is 0. The van der Waals surface area contributed by atoms with Gasteiger partial charge >= 0.3 is 5.97 Å². The van der Waals surface area contributed by atoms with Gasteiger partial charge in [-0.2, -0.15) is 0 Å². The van der Waals surface area contributed by atoms with Crippen LogP contribution in [0.25, 0.3) is 0 Å². The molecule has 0 spiro atoms. The maximum Gasteiger partial charge on any atom is 0.305 e. The molecule has 0 amide bonds. The number of aliphatic imine (C=N–C) groups is 1. The Hall–Kier alpha value is -1.63. The number of aromatic nitrogens is 1. The number of thiazole rings is 1. The van der Waals surface area contributed by atoms with E-state index in [9.17, 15) is 4.79 Å². The van der Waals surface area contributed by atoms with Gasteiger partial charge in [-0.15, -0.1) is 11.3 Å². The molecule has 0 saturated heterocycles. The average molecular weight is 369 g/mol. The van der Waals surface area contributed by atoms with Crippen molar-refractivity contribution in [2.24, 2.45) is 4.99 Å². The average Bonchev–Trinajstić information content (AvgIpc) is 3.07. The van der Waals surface area contributed by atoms with Crippen LogP contribution in [0.3, 0.4) is 0 Å². The molecule has 0 aromatic carbocycles. The van der Waals surface area contributed by atoms with E-state index >= 15 is 0 Å². The molecule has 0 fully saturated rings. The SMILES string of the molecule is CCOC(=O)CCCCCCNC(=NC)NCCc1ncc(CC)s1. The fourth-order valence-electron chi connectivity index (χ4n) is 2.32. The van der Waals surface area contributed by atoms with Gasteiger partial charge in [0.2, 0.25) is 0 Å². The molecule has 1 rings (SSSR count). The second-order valence-electron chi connectivity index (χ2n) is 5.72. The van der Waals surface area contributed by atoms with Crippen LogP contribution in [0.1, 0.15) is 55.8 Å². The van der Waals surface area contributed by atoms with Gasteiger partial charge in [0.25, 0.3) is 0 Å². The van der Waals surface area contributed by atoms with Crippen molar-refractivity contribution in [2.45, 2.75) is 58.8 Å². The summed E-state index contributed by atoms with van der Waals surface area (Å²) in [5.74, 6) is 0.746. The number of carbonyl (C=O) groups excluding carboxylic acids is 1. The van der Waals surface area contributed by atoms with E-state index in [0.29, 0.717) is 13.0 Å². The lowest BCUT2D eigenvalue weighted by Gasteiger charge is -2.11. The summed E-state index contributed by atoms with van der Waals surface area (Å²) in [4.78, 5) is 21.2. The number of unbranched alkanes of at least 4 members (excludes halogenated alkanes) is 3. The van der Waals surface area contributed by atoms with E-state index in [1.165, 1.54) is 9.88 Å². The molecule has 0 unspecified atom stereocenters. The maximum atomic E-state index is 11.2. The highest BCUT2D eigenvalue weighted by molar-refractivity contribution is 7.11. The summed E-state index contributed by atoms with van der Waals surface area (Å²) in [5, 5.41) is 7.81. The zero-order chi connectivity index (χ0) is 18.3. The van der Waals surface area contributed by atoms with Gasteiger partial charge in [0.05, 0.1) is 11.6 Å². The van der Waals surface area contributed by atoms with E-state index in [2.05, 4.69) is 27.5 Å². The second kappa shape index (κ2) is 13.6. The molecule has 142 valence electrons. The minimum atomic E-state index is -0.0866. The quantitative estimate of drug-likeness (QED) is 0.257. The Bertz CT molecular complexity index is 517. The molecule has 0 aliphatic carbocycles. The summed E-state index contributed by atoms with van der Waals surface area (Å²) in [6, 6.07) is 0. The Balaban J connectivity index is 2.03. The molecule has 0 aliphatic heterocycles. The predicted molar refractivity (Wildman–Crippen MR) is 104 cm³/mol. The topological polar surface area (TPSA) is 75.6 Å². The van der Waals surface area contributed by atoms with Crippen molar-refractivity contribution in [1.82, 2.24) is 15.6 Å². The number of ether oxygens (including phenoxy) is 1. The van der Waals surface area contributed by atoms with Crippen molar-refractivity contribution in [2.75, 3.05) is 26.7 Å². The summed E-state index contributed by atoms with van der Waals surface area (Å²) < 4.78 is 4.91. The van der Waals surface area contributed by atoms with Crippen molar-refractivity contribution in [3.05, 3.63) is 16.1 Å². The highest BCUT2D eigenvalue weighted by Crippen LogP contribution is 2.13. The van der Waals surface area contributed by atoms with Crippen LogP contribution in [0.15, 0.2) is 11.2 Å². The lowest BCUT2D eigenvalue weighted by atomic mass is 10.1. The third kappa shape index (κ3) is 10.1. The Morgan fingerprint density at radius 3 is 2.64 bits per heavy atom. The zero-order valence-corrected chi connectivity index (χ0v) is 16.6. The number of rotatable bonds is 12. The summed E-state index contributed by atoms with van der Waals surface area (Å²) in [6.45, 7) is 6.17. The molecule has 1 aromatic heterocycles. The van der Waals surface area contributed by atoms with Crippen molar-refractivity contribution < 1.29 is 9.53 Å². The number of aryl methyl sites for hydroxylation is 1. The molecule has 2 N–H and O–H groups in total. The van der Waals surface area contributed by atoms with Crippen LogP contribution < -0.4 is 10.6 Å². The highest BCUT2D eigenvalue weighted by atomic mass is 32.1. The Labute approximate surface area is 155 Å². The molecule has 25 heavy (non-hydrogen) atoms. The lowest BCUT2D eigenvalue weighted by molar-refractivity contribution is -0.143. The van der Waals surface area contributed by atoms with E-state index in [0.717, 1.165) is 57.6 Å². The van der Waals surface area contributed by atoms with Gasteiger partial charge in [0.15, 0.2) is 5.96 Å². The van der Waals surface area contributed by atoms with E-state index in [1.54, 1.807) is 18.4 Å². The Morgan fingerprint density at radius 2 is 1.96 bits per heavy atom. The van der Waals surface area contributed by atoms with Crippen LogP contribution in [-0.4, -0.2) is 43.7 Å². The third-order valence-corrected chi connectivity index (χ3v) is 4.91. The first-order chi connectivity index (χ1) is 12.2. The minimum absolute atomic E-state index is 0.0866. The van der Waals surface area contributed by atoms with Crippen molar-refractivity contribution in [3.63, 3.8) is 0 Å². The zero-order valence-electron chi connectivity index (χ0n) is 15.8. The molecule has 7 heteroatoms. The van der Waals surface area contributed by atoms with Gasteiger partial charge in [-0.3, -0.25) is 9.79 Å². The molecule has 0 saturated carbocycles. The molecule has 0 bridgehead atoms. The number of hydrogen-bond donors (Lipinski definition) is 2. The van der Waals surface area contributed by atoms with Crippen molar-refractivity contribution >= 4 is 23.3 Å². The van der Waals surface area contributed by atoms with Gasteiger partial charge in [0.1, 0.15) is 0 Å². The fraction of sp³-hybridized carbons (Fsp3) is 0.722. The van der Waals surface area contributed by atoms with Gasteiger partial charge in [-0.1, -0.05) is 19.8 Å². The first kappa shape index (κ1) is 21.4. The van der Waals surface area contributed by atoms with Crippen LogP contribution in [0.2, 0.25) is 0 Å². The van der Waals surface area contributed by atoms with Crippen LogP contribution in [0.4, 0.5) is 0 Å². The van der Waals surface area contributed by atoms with Crippen molar-refractivity contribution in [1.29, 1.82) is 0 Å². The first-order valence-corrected chi connectivity index (χ1v) is 10.0. The Morgan fingerprint density at radius 1 is 1.20 bits per heavy atom. The number of guanidine groups is 1. The number of nitrogens with one attached hydrogen (secondary N) is 2. The van der Waals surface area contributed by atoms with E-state index in [4.69, 9.17) is 4.74 Å². The van der Waals surface area contributed by atoms with Crippen LogP contribution in [-0.2, 0) is 22.4 Å². The van der Waals surface area contributed by atoms with Gasteiger partial charge in [-0.05, 0) is 26.2 Å². The van der Waals surface area contributed by atoms with Crippen molar-refractivity contribution in [3.8, 4) is 0 Å². The molecule has 0 radical (unpaired) electrons. The largest absolute Gasteiger partial charge is 0.466 e.